The van der Waals surface area contributed by atoms with Gasteiger partial charge in [0.25, 0.3) is 0 Å². The van der Waals surface area contributed by atoms with Crippen LogP contribution >= 0.6 is 235 Å². The van der Waals surface area contributed by atoms with Crippen molar-refractivity contribution in [1.82, 2.24) is 0 Å². The lowest BCUT2D eigenvalue weighted by Gasteiger charge is -2.12. The standard InChI is InChI=1S/C48H24S20/c1-49-39-40(50-2)62-43(61-39)44-65-47-48(66-44)68-46(67-47)45-63-41-42(64-45)60-30(59-41)20-19-21-31(35-51-22-11-3-4-12-23(22)52-35)33(37-55-26-15-7-8-16-27(26)56-37)34(38-57-28-17-9-10-18-29(28)58-38)32(21)36-53-24-13-5-6-14-25(24)54-36/h3-20H,1-2H3. The normalized spacial score (nSPS) is 21.6. The quantitative estimate of drug-likeness (QED) is 0.191. The van der Waals surface area contributed by atoms with Gasteiger partial charge in [0.2, 0.25) is 0 Å². The summed E-state index contributed by atoms with van der Waals surface area (Å²) in [7, 11) is 0. The second kappa shape index (κ2) is 20.2. The maximum atomic E-state index is 2.51. The molecule has 0 aromatic heterocycles. The van der Waals surface area contributed by atoms with Crippen LogP contribution in [0.2, 0.25) is 0 Å². The van der Waals surface area contributed by atoms with Gasteiger partial charge in [-0.3, -0.25) is 0 Å². The Morgan fingerprint density at radius 2 is 0.515 bits per heavy atom. The molecule has 0 radical (unpaired) electrons. The van der Waals surface area contributed by atoms with Crippen LogP contribution < -0.4 is 0 Å². The van der Waals surface area contributed by atoms with Gasteiger partial charge in [0.15, 0.2) is 0 Å². The van der Waals surface area contributed by atoms with Crippen molar-refractivity contribution in [2.45, 2.75) is 39.2 Å². The zero-order valence-electron chi connectivity index (χ0n) is 34.6. The molecule has 0 amide bonds. The number of allylic oxidation sites excluding steroid dienone is 7. The van der Waals surface area contributed by atoms with E-state index in [0.717, 1.165) is 0 Å². The van der Waals surface area contributed by atoms with Crippen molar-refractivity contribution in [3.05, 3.63) is 201 Å². The van der Waals surface area contributed by atoms with Crippen molar-refractivity contribution in [3.8, 4) is 0 Å². The number of hydrogen-bond donors (Lipinski definition) is 0. The fourth-order valence-corrected chi connectivity index (χ4v) is 36.2. The summed E-state index contributed by atoms with van der Waals surface area (Å²) < 4.78 is 21.3. The molecule has 1 saturated carbocycles. The van der Waals surface area contributed by atoms with Crippen LogP contribution in [0.5, 0.6) is 0 Å². The second-order valence-electron chi connectivity index (χ2n) is 14.6. The molecule has 0 atom stereocenters. The fraction of sp³-hybridized carbons (Fsp3) is 0.0417. The van der Waals surface area contributed by atoms with Gasteiger partial charge in [-0.25, -0.2) is 0 Å². The molecule has 0 N–H and O–H groups in total. The number of thioether (sulfide) groups is 20. The molecular weight excluding hydrogens is 1220 g/mol. The Balaban J connectivity index is 0.837. The second-order valence-corrected chi connectivity index (χ2v) is 38.8. The Morgan fingerprint density at radius 3 is 0.794 bits per heavy atom. The van der Waals surface area contributed by atoms with E-state index in [1.54, 1.807) is 0 Å². The highest BCUT2D eigenvalue weighted by molar-refractivity contribution is 8.52. The Hall–Kier alpha value is 1.02. The molecule has 1 fully saturated rings. The van der Waals surface area contributed by atoms with Crippen molar-refractivity contribution in [3.63, 3.8) is 0 Å². The van der Waals surface area contributed by atoms with E-state index in [4.69, 9.17) is 0 Å². The fourth-order valence-electron chi connectivity index (χ4n) is 7.67. The summed E-state index contributed by atoms with van der Waals surface area (Å²) in [6.45, 7) is 0. The highest BCUT2D eigenvalue weighted by atomic mass is 32.3. The van der Waals surface area contributed by atoms with E-state index in [9.17, 15) is 0 Å². The van der Waals surface area contributed by atoms with Crippen LogP contribution in [0.3, 0.4) is 0 Å². The smallest absolute Gasteiger partial charge is 0.0718 e. The third-order valence-electron chi connectivity index (χ3n) is 10.6. The van der Waals surface area contributed by atoms with Crippen LogP contribution in [0.1, 0.15) is 0 Å². The maximum Gasteiger partial charge on any atom is 0.0718 e. The van der Waals surface area contributed by atoms with Crippen molar-refractivity contribution in [2.75, 3.05) is 12.5 Å². The topological polar surface area (TPSA) is 0 Å². The van der Waals surface area contributed by atoms with E-state index in [2.05, 4.69) is 122 Å². The molecule has 9 aliphatic heterocycles. The number of hydrogen-bond acceptors (Lipinski definition) is 20. The SMILES string of the molecule is CSC1=C(SC)SC(=C2SC3=C(S2)SC(=C2SC4=C(SC(=CC=C5C(=C6Sc7ccccc7S6)C(=C6Sc7ccccc7S6)C(=C6Sc7ccccc7S6)C5=C5Sc6ccccc6S5)S4)S2)S3)S1. The van der Waals surface area contributed by atoms with Gasteiger partial charge in [-0.2, -0.15) is 0 Å². The average molecular weight is 1240 g/mol. The van der Waals surface area contributed by atoms with E-state index in [1.165, 1.54) is 131 Å². The van der Waals surface area contributed by atoms with Gasteiger partial charge in [0.05, 0.1) is 63.6 Å². The highest BCUT2D eigenvalue weighted by Gasteiger charge is 2.44. The number of benzene rings is 4. The van der Waals surface area contributed by atoms with Gasteiger partial charge < -0.3 is 0 Å². The Labute approximate surface area is 480 Å². The summed E-state index contributed by atoms with van der Waals surface area (Å²) in [6.07, 6.45) is 9.35. The lowest BCUT2D eigenvalue weighted by molar-refractivity contribution is 1.27. The van der Waals surface area contributed by atoms with Gasteiger partial charge >= 0.3 is 0 Å². The molecule has 0 bridgehead atoms. The van der Waals surface area contributed by atoms with E-state index in [1.807, 2.05) is 235 Å². The van der Waals surface area contributed by atoms with Gasteiger partial charge in [-0.1, -0.05) is 266 Å². The maximum absolute atomic E-state index is 2.51. The molecule has 336 valence electrons. The highest BCUT2D eigenvalue weighted by Crippen LogP contribution is 2.75. The average Bonchev–Trinajstić information content (AvgIpc) is 4.19. The minimum atomic E-state index is 1.34. The first-order valence-electron chi connectivity index (χ1n) is 20.3. The molecule has 1 aliphatic carbocycles. The Kier molecular flexibility index (Phi) is 14.1. The lowest BCUT2D eigenvalue weighted by atomic mass is 10.1. The van der Waals surface area contributed by atoms with Crippen LogP contribution in [0.25, 0.3) is 0 Å². The monoisotopic (exact) mass is 1240 g/mol. The Morgan fingerprint density at radius 1 is 0.265 bits per heavy atom. The molecule has 20 heteroatoms. The molecule has 10 aliphatic rings. The van der Waals surface area contributed by atoms with Crippen LogP contribution in [0.4, 0.5) is 0 Å². The summed E-state index contributed by atoms with van der Waals surface area (Å²) in [5.41, 5.74) is 6.86. The summed E-state index contributed by atoms with van der Waals surface area (Å²) in [5.74, 6) is 0. The van der Waals surface area contributed by atoms with Crippen molar-refractivity contribution in [1.29, 1.82) is 0 Å². The van der Waals surface area contributed by atoms with Gasteiger partial charge in [-0.05, 0) is 72.7 Å². The molecule has 0 spiro atoms. The molecule has 68 heavy (non-hydrogen) atoms. The third kappa shape index (κ3) is 8.82. The van der Waals surface area contributed by atoms with Gasteiger partial charge in [0, 0.05) is 61.5 Å². The van der Waals surface area contributed by atoms with Crippen molar-refractivity contribution >= 4 is 235 Å². The molecule has 14 rings (SSSR count). The van der Waals surface area contributed by atoms with Crippen LogP contribution in [0.15, 0.2) is 240 Å². The van der Waals surface area contributed by atoms with Crippen LogP contribution in [-0.2, 0) is 0 Å². The van der Waals surface area contributed by atoms with Crippen molar-refractivity contribution < 1.29 is 0 Å². The zero-order valence-corrected chi connectivity index (χ0v) is 50.9. The van der Waals surface area contributed by atoms with E-state index < -0.39 is 0 Å². The van der Waals surface area contributed by atoms with E-state index in [0.29, 0.717) is 0 Å². The first-order valence-corrected chi connectivity index (χ1v) is 37.4. The first kappa shape index (κ1) is 47.5. The zero-order chi connectivity index (χ0) is 45.0. The number of rotatable bonds is 3. The molecular formula is C48H24S20. The minimum Gasteiger partial charge on any atom is -0.121 e. The Bertz CT molecular complexity index is 3060. The molecule has 9 heterocycles. The molecule has 0 saturated heterocycles. The summed E-state index contributed by atoms with van der Waals surface area (Å²) in [6, 6.07) is 35.9. The molecule has 4 aromatic carbocycles. The first-order chi connectivity index (χ1) is 33.5. The largest absolute Gasteiger partial charge is 0.121 e. The van der Waals surface area contributed by atoms with Crippen LogP contribution in [-0.4, -0.2) is 12.5 Å². The van der Waals surface area contributed by atoms with Crippen LogP contribution in [0, 0.1) is 0 Å². The predicted molar refractivity (Wildman–Crippen MR) is 335 cm³/mol. The van der Waals surface area contributed by atoms with Gasteiger partial charge in [0.1, 0.15) is 0 Å². The van der Waals surface area contributed by atoms with E-state index in [-0.39, 0.29) is 0 Å². The van der Waals surface area contributed by atoms with Gasteiger partial charge in [-0.15, -0.1) is 23.5 Å². The third-order valence-corrected chi connectivity index (χ3v) is 38.2. The summed E-state index contributed by atoms with van der Waals surface area (Å²) in [4.78, 5) is 10.7. The lowest BCUT2D eigenvalue weighted by Crippen LogP contribution is -1.90. The molecule has 4 aromatic rings. The number of fused-ring (bicyclic) bond motifs is 4. The predicted octanol–water partition coefficient (Wildman–Crippen LogP) is 23.0. The summed E-state index contributed by atoms with van der Waals surface area (Å²) in [5, 5.41) is 0. The molecule has 0 nitrogen and oxygen atoms in total. The minimum absolute atomic E-state index is 1.34. The van der Waals surface area contributed by atoms with E-state index >= 15 is 0 Å². The summed E-state index contributed by atoms with van der Waals surface area (Å²) >= 11 is 39.2. The molecule has 0 unspecified atom stereocenters. The van der Waals surface area contributed by atoms with Crippen molar-refractivity contribution in [2.24, 2.45) is 0 Å².